The lowest BCUT2D eigenvalue weighted by Crippen LogP contribution is -2.38. The summed E-state index contributed by atoms with van der Waals surface area (Å²) in [7, 11) is -4.01. The van der Waals surface area contributed by atoms with Crippen LogP contribution in [0.5, 0.6) is 5.75 Å². The summed E-state index contributed by atoms with van der Waals surface area (Å²) >= 11 is 0. The molecule has 2 aromatic rings. The van der Waals surface area contributed by atoms with Crippen LogP contribution in [-0.4, -0.2) is 24.9 Å². The highest BCUT2D eigenvalue weighted by Gasteiger charge is 2.28. The summed E-state index contributed by atoms with van der Waals surface area (Å²) in [5.74, 6) is 1.32. The Kier molecular flexibility index (Phi) is 6.12. The van der Waals surface area contributed by atoms with Gasteiger partial charge in [-0.25, -0.2) is 8.42 Å². The SMILES string of the molecule is CC(C)CN(c1cccn(O)c1=O)S(=O)(=O)c1ccc(OC2=CC=CCC2)cc1. The van der Waals surface area contributed by atoms with Crippen LogP contribution >= 0.6 is 0 Å². The lowest BCUT2D eigenvalue weighted by molar-refractivity contribution is 0.175. The van der Waals surface area contributed by atoms with Crippen molar-refractivity contribution in [3.63, 3.8) is 0 Å². The zero-order valence-corrected chi connectivity index (χ0v) is 17.2. The number of rotatable bonds is 7. The Labute approximate surface area is 170 Å². The van der Waals surface area contributed by atoms with Crippen molar-refractivity contribution in [3.05, 3.63) is 76.9 Å². The number of ether oxygens (including phenoxy) is 1. The van der Waals surface area contributed by atoms with E-state index in [0.717, 1.165) is 29.1 Å². The number of hydrogen-bond donors (Lipinski definition) is 1. The maximum absolute atomic E-state index is 13.3. The van der Waals surface area contributed by atoms with Crippen molar-refractivity contribution in [2.75, 3.05) is 10.8 Å². The van der Waals surface area contributed by atoms with Gasteiger partial charge in [0.25, 0.3) is 10.0 Å². The van der Waals surface area contributed by atoms with Gasteiger partial charge in [0.1, 0.15) is 17.2 Å². The molecular weight excluding hydrogens is 392 g/mol. The first-order chi connectivity index (χ1) is 13.8. The molecule has 1 heterocycles. The first kappa shape index (κ1) is 20.7. The Bertz CT molecular complexity index is 1080. The molecule has 154 valence electrons. The molecule has 1 aromatic carbocycles. The predicted molar refractivity (Wildman–Crippen MR) is 111 cm³/mol. The second-order valence-electron chi connectivity index (χ2n) is 7.15. The molecular formula is C21H24N2O5S. The minimum atomic E-state index is -4.01. The molecule has 0 saturated heterocycles. The molecule has 0 amide bonds. The third-order valence-electron chi connectivity index (χ3n) is 4.34. The van der Waals surface area contributed by atoms with Gasteiger partial charge in [-0.2, -0.15) is 4.73 Å². The van der Waals surface area contributed by atoms with E-state index in [1.54, 1.807) is 12.1 Å². The number of anilines is 1. The number of pyridine rings is 1. The van der Waals surface area contributed by atoms with Gasteiger partial charge >= 0.3 is 5.56 Å². The Hall–Kier alpha value is -3.00. The normalized spacial score (nSPS) is 14.0. The number of allylic oxidation sites excluding steroid dienone is 4. The average Bonchev–Trinajstić information content (AvgIpc) is 2.69. The zero-order valence-electron chi connectivity index (χ0n) is 16.4. The van der Waals surface area contributed by atoms with Crippen LogP contribution in [0.25, 0.3) is 0 Å². The van der Waals surface area contributed by atoms with Crippen molar-refractivity contribution in [2.45, 2.75) is 31.6 Å². The topological polar surface area (TPSA) is 88.8 Å². The Morgan fingerprint density at radius 1 is 1.21 bits per heavy atom. The fourth-order valence-corrected chi connectivity index (χ4v) is 4.57. The summed E-state index contributed by atoms with van der Waals surface area (Å²) < 4.78 is 33.7. The molecule has 0 spiro atoms. The molecule has 1 aromatic heterocycles. The molecule has 1 aliphatic rings. The van der Waals surface area contributed by atoms with Crippen molar-refractivity contribution in [3.8, 4) is 5.75 Å². The molecule has 0 aliphatic heterocycles. The van der Waals surface area contributed by atoms with Crippen LogP contribution in [0.15, 0.2) is 76.3 Å². The highest BCUT2D eigenvalue weighted by atomic mass is 32.2. The quantitative estimate of drug-likeness (QED) is 0.698. The minimum absolute atomic E-state index is 0.0366. The summed E-state index contributed by atoms with van der Waals surface area (Å²) in [6.45, 7) is 3.80. The van der Waals surface area contributed by atoms with Gasteiger partial charge in [0.15, 0.2) is 0 Å². The predicted octanol–water partition coefficient (Wildman–Crippen LogP) is 3.55. The lowest BCUT2D eigenvalue weighted by atomic mass is 10.2. The molecule has 0 saturated carbocycles. The summed E-state index contributed by atoms with van der Waals surface area (Å²) in [5.41, 5.74) is -0.905. The highest BCUT2D eigenvalue weighted by molar-refractivity contribution is 7.92. The van der Waals surface area contributed by atoms with Gasteiger partial charge in [0.2, 0.25) is 0 Å². The minimum Gasteiger partial charge on any atom is -0.462 e. The fourth-order valence-electron chi connectivity index (χ4n) is 2.94. The van der Waals surface area contributed by atoms with Crippen LogP contribution in [0, 0.1) is 5.92 Å². The Morgan fingerprint density at radius 3 is 2.55 bits per heavy atom. The highest BCUT2D eigenvalue weighted by Crippen LogP contribution is 2.25. The van der Waals surface area contributed by atoms with Gasteiger partial charge in [0, 0.05) is 19.2 Å². The van der Waals surface area contributed by atoms with Crippen molar-refractivity contribution in [1.29, 1.82) is 0 Å². The van der Waals surface area contributed by atoms with Crippen LogP contribution in [0.4, 0.5) is 5.69 Å². The van der Waals surface area contributed by atoms with Crippen molar-refractivity contribution < 1.29 is 18.4 Å². The molecule has 3 rings (SSSR count). The lowest BCUT2D eigenvalue weighted by Gasteiger charge is -2.25. The van der Waals surface area contributed by atoms with E-state index < -0.39 is 15.6 Å². The molecule has 0 radical (unpaired) electrons. The molecule has 29 heavy (non-hydrogen) atoms. The molecule has 0 atom stereocenters. The van der Waals surface area contributed by atoms with E-state index in [4.69, 9.17) is 4.74 Å². The van der Waals surface area contributed by atoms with Gasteiger partial charge < -0.3 is 9.94 Å². The number of aromatic nitrogens is 1. The van der Waals surface area contributed by atoms with E-state index in [-0.39, 0.29) is 23.0 Å². The third kappa shape index (κ3) is 4.71. The van der Waals surface area contributed by atoms with E-state index in [2.05, 4.69) is 6.08 Å². The molecule has 0 unspecified atom stereocenters. The Morgan fingerprint density at radius 2 is 1.93 bits per heavy atom. The summed E-state index contributed by atoms with van der Waals surface area (Å²) in [5, 5.41) is 9.67. The fraction of sp³-hybridized carbons (Fsp3) is 0.286. The van der Waals surface area contributed by atoms with Crippen LogP contribution in [0.3, 0.4) is 0 Å². The maximum Gasteiger partial charge on any atom is 0.307 e. The first-order valence-corrected chi connectivity index (χ1v) is 10.8. The largest absolute Gasteiger partial charge is 0.462 e. The number of benzene rings is 1. The van der Waals surface area contributed by atoms with E-state index in [1.807, 2.05) is 26.0 Å². The molecule has 7 nitrogen and oxygen atoms in total. The van der Waals surface area contributed by atoms with E-state index >= 15 is 0 Å². The number of nitrogens with zero attached hydrogens (tertiary/aromatic N) is 2. The number of hydrogen-bond acceptors (Lipinski definition) is 5. The molecule has 8 heteroatoms. The second-order valence-corrected chi connectivity index (χ2v) is 9.01. The van der Waals surface area contributed by atoms with Gasteiger partial charge in [-0.15, -0.1) is 0 Å². The van der Waals surface area contributed by atoms with Crippen LogP contribution in [0.2, 0.25) is 0 Å². The van der Waals surface area contributed by atoms with Crippen molar-refractivity contribution in [2.24, 2.45) is 5.92 Å². The molecule has 0 bridgehead atoms. The average molecular weight is 416 g/mol. The van der Waals surface area contributed by atoms with Gasteiger partial charge in [-0.05, 0) is 54.8 Å². The maximum atomic E-state index is 13.3. The van der Waals surface area contributed by atoms with E-state index in [1.165, 1.54) is 24.3 Å². The zero-order chi connectivity index (χ0) is 21.0. The summed E-state index contributed by atoms with van der Waals surface area (Å²) in [6.07, 6.45) is 8.72. The summed E-state index contributed by atoms with van der Waals surface area (Å²) in [6, 6.07) is 8.90. The standard InChI is InChI=1S/C21H24N2O5S/c1-16(2)15-23(20-9-6-14-22(25)21(20)24)29(26,27)19-12-10-18(11-13-19)28-17-7-4-3-5-8-17/h3-4,6-7,9-14,16,25H,5,8,15H2,1-2H3. The van der Waals surface area contributed by atoms with Crippen molar-refractivity contribution in [1.82, 2.24) is 4.73 Å². The van der Waals surface area contributed by atoms with E-state index in [9.17, 15) is 18.4 Å². The van der Waals surface area contributed by atoms with Crippen molar-refractivity contribution >= 4 is 15.7 Å². The first-order valence-electron chi connectivity index (χ1n) is 9.36. The van der Waals surface area contributed by atoms with Gasteiger partial charge in [-0.3, -0.25) is 9.10 Å². The molecule has 1 N–H and O–H groups in total. The van der Waals surface area contributed by atoms with Crippen LogP contribution in [-0.2, 0) is 10.0 Å². The molecule has 0 fully saturated rings. The monoisotopic (exact) mass is 416 g/mol. The van der Waals surface area contributed by atoms with Crippen LogP contribution in [0.1, 0.15) is 26.7 Å². The Balaban J connectivity index is 1.93. The molecule has 1 aliphatic carbocycles. The van der Waals surface area contributed by atoms with E-state index in [0.29, 0.717) is 10.5 Å². The number of sulfonamides is 1. The summed E-state index contributed by atoms with van der Waals surface area (Å²) in [4.78, 5) is 12.4. The smallest absolute Gasteiger partial charge is 0.307 e. The van der Waals surface area contributed by atoms with Gasteiger partial charge in [0.05, 0.1) is 4.90 Å². The third-order valence-corrected chi connectivity index (χ3v) is 6.14. The van der Waals surface area contributed by atoms with Gasteiger partial charge in [-0.1, -0.05) is 26.0 Å². The van der Waals surface area contributed by atoms with Crippen LogP contribution < -0.4 is 14.6 Å². The second kappa shape index (κ2) is 8.57.